The lowest BCUT2D eigenvalue weighted by molar-refractivity contribution is 0.116. The summed E-state index contributed by atoms with van der Waals surface area (Å²) in [5.41, 5.74) is -0.315. The smallest absolute Gasteiger partial charge is 0.223 e. The Morgan fingerprint density at radius 2 is 1.33 bits per heavy atom. The lowest BCUT2D eigenvalue weighted by Crippen LogP contribution is -2.31. The molecule has 0 unspecified atom stereocenters. The van der Waals surface area contributed by atoms with Gasteiger partial charge in [0.15, 0.2) is 5.60 Å². The molecule has 0 aliphatic heterocycles. The van der Waals surface area contributed by atoms with Gasteiger partial charge in [0.05, 0.1) is 25.3 Å². The quantitative estimate of drug-likeness (QED) is 0.761. The van der Waals surface area contributed by atoms with Crippen molar-refractivity contribution in [2.24, 2.45) is 0 Å². The van der Waals surface area contributed by atoms with Gasteiger partial charge in [-0.2, -0.15) is 0 Å². The Hall–Kier alpha value is -3.06. The predicted molar refractivity (Wildman–Crippen MR) is 85.7 cm³/mol. The van der Waals surface area contributed by atoms with Crippen LogP contribution < -0.4 is 9.47 Å². The molecule has 0 bridgehead atoms. The summed E-state index contributed by atoms with van der Waals surface area (Å²) in [4.78, 5) is 16.3. The van der Waals surface area contributed by atoms with Crippen LogP contribution >= 0.6 is 0 Å². The average Bonchev–Trinajstić information content (AvgIpc) is 2.68. The van der Waals surface area contributed by atoms with Crippen LogP contribution in [0.3, 0.4) is 0 Å². The van der Waals surface area contributed by atoms with Gasteiger partial charge >= 0.3 is 0 Å². The van der Waals surface area contributed by atoms with Crippen LogP contribution in [-0.2, 0) is 5.60 Å². The van der Waals surface area contributed by atoms with Crippen molar-refractivity contribution in [1.82, 2.24) is 19.9 Å². The Kier molecular flexibility index (Phi) is 4.35. The molecule has 0 amide bonds. The first-order chi connectivity index (χ1) is 11.7. The second-order valence-corrected chi connectivity index (χ2v) is 4.97. The molecular weight excluding hydrogens is 308 g/mol. The summed E-state index contributed by atoms with van der Waals surface area (Å²) in [5, 5.41) is 11.7. The topological polar surface area (TPSA) is 90.3 Å². The van der Waals surface area contributed by atoms with Crippen LogP contribution in [0, 0.1) is 0 Å². The molecule has 2 aromatic heterocycles. The molecule has 0 atom stereocenters. The largest absolute Gasteiger partial charge is 0.481 e. The molecule has 0 aliphatic carbocycles. The fourth-order valence-corrected chi connectivity index (χ4v) is 2.59. The van der Waals surface area contributed by atoms with Crippen molar-refractivity contribution in [1.29, 1.82) is 0 Å². The number of hydrogen-bond acceptors (Lipinski definition) is 7. The lowest BCUT2D eigenvalue weighted by Gasteiger charge is -2.30. The van der Waals surface area contributed by atoms with E-state index in [0.717, 1.165) is 0 Å². The highest BCUT2D eigenvalue weighted by molar-refractivity contribution is 5.51. The van der Waals surface area contributed by atoms with E-state index in [9.17, 15) is 5.11 Å². The number of aromatic nitrogens is 4. The zero-order valence-corrected chi connectivity index (χ0v) is 13.2. The average molecular weight is 324 g/mol. The van der Waals surface area contributed by atoms with Crippen LogP contribution in [0.4, 0.5) is 0 Å². The maximum absolute atomic E-state index is 11.7. The van der Waals surface area contributed by atoms with Gasteiger partial charge in [-0.1, -0.05) is 30.3 Å². The third kappa shape index (κ3) is 2.55. The molecule has 7 heteroatoms. The van der Waals surface area contributed by atoms with Crippen LogP contribution in [0.1, 0.15) is 16.7 Å². The maximum Gasteiger partial charge on any atom is 0.223 e. The van der Waals surface area contributed by atoms with Gasteiger partial charge in [-0.15, -0.1) is 0 Å². The molecule has 122 valence electrons. The van der Waals surface area contributed by atoms with Gasteiger partial charge in [-0.25, -0.2) is 19.9 Å². The van der Waals surface area contributed by atoms with Gasteiger partial charge in [-0.05, 0) is 5.56 Å². The number of aliphatic hydroxyl groups is 1. The third-order valence-corrected chi connectivity index (χ3v) is 3.71. The summed E-state index contributed by atoms with van der Waals surface area (Å²) < 4.78 is 10.6. The number of rotatable bonds is 5. The minimum absolute atomic E-state index is 0.252. The highest BCUT2D eigenvalue weighted by Gasteiger charge is 2.40. The van der Waals surface area contributed by atoms with Gasteiger partial charge < -0.3 is 14.6 Å². The molecule has 0 aliphatic rings. The Bertz CT molecular complexity index is 779. The maximum atomic E-state index is 11.7. The Labute approximate surface area is 139 Å². The Morgan fingerprint density at radius 1 is 0.833 bits per heavy atom. The van der Waals surface area contributed by atoms with E-state index in [2.05, 4.69) is 19.9 Å². The Morgan fingerprint density at radius 3 is 1.79 bits per heavy atom. The lowest BCUT2D eigenvalue weighted by atomic mass is 9.82. The van der Waals surface area contributed by atoms with Crippen molar-refractivity contribution >= 4 is 0 Å². The van der Waals surface area contributed by atoms with E-state index in [1.54, 1.807) is 12.1 Å². The fraction of sp³-hybridized carbons (Fsp3) is 0.176. The summed E-state index contributed by atoms with van der Waals surface area (Å²) in [7, 11) is 2.96. The molecule has 24 heavy (non-hydrogen) atoms. The molecule has 0 radical (unpaired) electrons. The van der Waals surface area contributed by atoms with Gasteiger partial charge in [0.1, 0.15) is 12.7 Å². The van der Waals surface area contributed by atoms with Crippen molar-refractivity contribution in [3.8, 4) is 11.8 Å². The number of methoxy groups -OCH3 is 2. The van der Waals surface area contributed by atoms with Gasteiger partial charge in [0, 0.05) is 12.4 Å². The molecule has 3 aromatic rings. The number of nitrogens with zero attached hydrogens (tertiary/aromatic N) is 4. The van der Waals surface area contributed by atoms with Crippen LogP contribution in [0.2, 0.25) is 0 Å². The molecule has 2 heterocycles. The van der Waals surface area contributed by atoms with Crippen LogP contribution in [0.15, 0.2) is 55.4 Å². The van der Waals surface area contributed by atoms with Crippen molar-refractivity contribution in [2.75, 3.05) is 14.2 Å². The van der Waals surface area contributed by atoms with E-state index in [0.29, 0.717) is 16.7 Å². The van der Waals surface area contributed by atoms with Gasteiger partial charge in [0.2, 0.25) is 11.8 Å². The number of benzene rings is 1. The zero-order chi connectivity index (χ0) is 17.0. The first-order valence-corrected chi connectivity index (χ1v) is 7.18. The monoisotopic (exact) mass is 324 g/mol. The summed E-state index contributed by atoms with van der Waals surface area (Å²) in [6.07, 6.45) is 5.72. The first-order valence-electron chi connectivity index (χ1n) is 7.18. The molecule has 0 saturated heterocycles. The zero-order valence-electron chi connectivity index (χ0n) is 13.2. The Balaban J connectivity index is 2.34. The molecular formula is C17H16N4O3. The summed E-state index contributed by atoms with van der Waals surface area (Å²) in [6.45, 7) is 0. The second-order valence-electron chi connectivity index (χ2n) is 4.97. The minimum atomic E-state index is -1.64. The summed E-state index contributed by atoms with van der Waals surface area (Å²) in [5.74, 6) is 0.504. The van der Waals surface area contributed by atoms with Gasteiger partial charge in [0.25, 0.3) is 0 Å². The molecule has 3 rings (SSSR count). The van der Waals surface area contributed by atoms with E-state index in [-0.39, 0.29) is 11.8 Å². The highest BCUT2D eigenvalue weighted by atomic mass is 16.5. The van der Waals surface area contributed by atoms with E-state index in [1.165, 1.54) is 39.3 Å². The second kappa shape index (κ2) is 6.59. The van der Waals surface area contributed by atoms with Crippen LogP contribution in [0.25, 0.3) is 0 Å². The van der Waals surface area contributed by atoms with Crippen molar-refractivity contribution < 1.29 is 14.6 Å². The van der Waals surface area contributed by atoms with Crippen molar-refractivity contribution in [3.05, 3.63) is 72.1 Å². The highest BCUT2D eigenvalue weighted by Crippen LogP contribution is 2.42. The molecule has 7 nitrogen and oxygen atoms in total. The first kappa shape index (κ1) is 15.8. The van der Waals surface area contributed by atoms with Crippen molar-refractivity contribution in [2.45, 2.75) is 5.60 Å². The van der Waals surface area contributed by atoms with Crippen molar-refractivity contribution in [3.63, 3.8) is 0 Å². The summed E-state index contributed by atoms with van der Waals surface area (Å²) in [6, 6.07) is 9.10. The fourth-order valence-electron chi connectivity index (χ4n) is 2.59. The third-order valence-electron chi connectivity index (χ3n) is 3.71. The molecule has 0 fully saturated rings. The standard InChI is InChI=1S/C17H16N4O3/c1-23-15-13(8-18-10-20-15)17(22,12-6-4-3-5-7-12)14-9-19-11-21-16(14)24-2/h3-11,22H,1-2H3. The van der Waals surface area contributed by atoms with Crippen LogP contribution in [-0.4, -0.2) is 39.3 Å². The minimum Gasteiger partial charge on any atom is -0.481 e. The molecule has 1 N–H and O–H groups in total. The summed E-state index contributed by atoms with van der Waals surface area (Å²) >= 11 is 0. The predicted octanol–water partition coefficient (Wildman–Crippen LogP) is 1.57. The van der Waals surface area contributed by atoms with E-state index in [1.807, 2.05) is 18.2 Å². The number of hydrogen-bond donors (Lipinski definition) is 1. The van der Waals surface area contributed by atoms with E-state index in [4.69, 9.17) is 9.47 Å². The normalized spacial score (nSPS) is 11.1. The SMILES string of the molecule is COc1ncncc1C(O)(c1ccccc1)c1cncnc1OC. The van der Waals surface area contributed by atoms with E-state index >= 15 is 0 Å². The van der Waals surface area contributed by atoms with Crippen LogP contribution in [0.5, 0.6) is 11.8 Å². The van der Waals surface area contributed by atoms with Gasteiger partial charge in [-0.3, -0.25) is 0 Å². The molecule has 1 aromatic carbocycles. The van der Waals surface area contributed by atoms with E-state index < -0.39 is 5.60 Å². The number of ether oxygens (including phenoxy) is 2. The molecule has 0 saturated carbocycles. The molecule has 0 spiro atoms.